The summed E-state index contributed by atoms with van der Waals surface area (Å²) in [5.41, 5.74) is 0.581. The van der Waals surface area contributed by atoms with Crippen LogP contribution in [-0.2, 0) is 0 Å². The molecule has 2 heterocycles. The van der Waals surface area contributed by atoms with Gasteiger partial charge >= 0.3 is 0 Å². The smallest absolute Gasteiger partial charge is 0.257 e. The van der Waals surface area contributed by atoms with Crippen LogP contribution in [0.25, 0.3) is 0 Å². The SMILES string of the molecule is CCNc1ncc(Br)cc1C(=O)N(C)C(C)c1cccs1. The average Bonchev–Trinajstić information content (AvgIpc) is 3.01. The topological polar surface area (TPSA) is 45.2 Å². The lowest BCUT2D eigenvalue weighted by Gasteiger charge is -2.25. The van der Waals surface area contributed by atoms with Crippen molar-refractivity contribution in [2.75, 3.05) is 18.9 Å². The zero-order valence-corrected chi connectivity index (χ0v) is 14.7. The first-order valence-electron chi connectivity index (χ1n) is 6.74. The van der Waals surface area contributed by atoms with Gasteiger partial charge in [0.25, 0.3) is 5.91 Å². The van der Waals surface area contributed by atoms with Gasteiger partial charge in [-0.3, -0.25) is 4.79 Å². The molecule has 0 spiro atoms. The number of thiophene rings is 1. The summed E-state index contributed by atoms with van der Waals surface area (Å²) in [6.07, 6.45) is 1.69. The number of amides is 1. The van der Waals surface area contributed by atoms with Crippen LogP contribution >= 0.6 is 27.3 Å². The molecular weight excluding hydrogens is 350 g/mol. The number of hydrogen-bond acceptors (Lipinski definition) is 4. The zero-order valence-electron chi connectivity index (χ0n) is 12.3. The van der Waals surface area contributed by atoms with Crippen molar-refractivity contribution in [3.05, 3.63) is 44.7 Å². The standard InChI is InChI=1S/C15H18BrN3OS/c1-4-17-14-12(8-11(16)9-18-14)15(20)19(3)10(2)13-6-5-7-21-13/h5-10H,4H2,1-3H3,(H,17,18). The molecule has 112 valence electrons. The number of carbonyl (C=O) groups excluding carboxylic acids is 1. The van der Waals surface area contributed by atoms with E-state index in [1.54, 1.807) is 22.4 Å². The van der Waals surface area contributed by atoms with Crippen LogP contribution in [0, 0.1) is 0 Å². The maximum Gasteiger partial charge on any atom is 0.257 e. The minimum atomic E-state index is -0.0411. The molecule has 6 heteroatoms. The average molecular weight is 368 g/mol. The summed E-state index contributed by atoms with van der Waals surface area (Å²) in [5.74, 6) is 0.580. The summed E-state index contributed by atoms with van der Waals surface area (Å²) in [6, 6.07) is 5.89. The van der Waals surface area contributed by atoms with Crippen molar-refractivity contribution in [3.63, 3.8) is 0 Å². The van der Waals surface area contributed by atoms with Gasteiger partial charge in [0, 0.05) is 29.1 Å². The summed E-state index contributed by atoms with van der Waals surface area (Å²) in [4.78, 5) is 20.0. The number of pyridine rings is 1. The summed E-state index contributed by atoms with van der Waals surface area (Å²) < 4.78 is 0.796. The van der Waals surface area contributed by atoms with E-state index in [9.17, 15) is 4.79 Å². The van der Waals surface area contributed by atoms with Crippen molar-refractivity contribution in [2.24, 2.45) is 0 Å². The predicted molar refractivity (Wildman–Crippen MR) is 90.9 cm³/mol. The number of anilines is 1. The molecule has 1 atom stereocenters. The second-order valence-corrected chi connectivity index (χ2v) is 6.58. The summed E-state index contributed by atoms with van der Waals surface area (Å²) in [6.45, 7) is 4.73. The number of carbonyl (C=O) groups is 1. The van der Waals surface area contributed by atoms with Gasteiger partial charge in [-0.15, -0.1) is 11.3 Å². The molecule has 0 saturated carbocycles. The molecule has 0 aromatic carbocycles. The molecule has 0 aliphatic carbocycles. The summed E-state index contributed by atoms with van der Waals surface area (Å²) in [7, 11) is 1.82. The number of nitrogens with zero attached hydrogens (tertiary/aromatic N) is 2. The minimum absolute atomic E-state index is 0.0333. The third kappa shape index (κ3) is 3.63. The van der Waals surface area contributed by atoms with Crippen molar-refractivity contribution in [2.45, 2.75) is 19.9 Å². The lowest BCUT2D eigenvalue weighted by Crippen LogP contribution is -2.30. The van der Waals surface area contributed by atoms with Gasteiger partial charge in [0.2, 0.25) is 0 Å². The Labute approximate surface area is 137 Å². The van der Waals surface area contributed by atoms with Gasteiger partial charge < -0.3 is 10.2 Å². The monoisotopic (exact) mass is 367 g/mol. The highest BCUT2D eigenvalue weighted by Crippen LogP contribution is 2.27. The van der Waals surface area contributed by atoms with Gasteiger partial charge in [0.1, 0.15) is 5.82 Å². The number of nitrogens with one attached hydrogen (secondary N) is 1. The molecule has 1 amide bonds. The lowest BCUT2D eigenvalue weighted by atomic mass is 10.2. The largest absolute Gasteiger partial charge is 0.370 e. The molecule has 2 aromatic heterocycles. The zero-order chi connectivity index (χ0) is 15.4. The quantitative estimate of drug-likeness (QED) is 0.862. The van der Waals surface area contributed by atoms with Crippen LogP contribution in [0.3, 0.4) is 0 Å². The van der Waals surface area contributed by atoms with Gasteiger partial charge in [0.15, 0.2) is 0 Å². The molecule has 0 aliphatic heterocycles. The summed E-state index contributed by atoms with van der Waals surface area (Å²) >= 11 is 5.04. The molecule has 4 nitrogen and oxygen atoms in total. The van der Waals surface area contributed by atoms with Crippen LogP contribution in [0.1, 0.15) is 35.1 Å². The maximum atomic E-state index is 12.8. The summed E-state index contributed by atoms with van der Waals surface area (Å²) in [5, 5.41) is 5.16. The van der Waals surface area contributed by atoms with Gasteiger partial charge in [-0.25, -0.2) is 4.98 Å². The molecule has 0 radical (unpaired) electrons. The van der Waals surface area contributed by atoms with E-state index >= 15 is 0 Å². The molecule has 1 unspecified atom stereocenters. The van der Waals surface area contributed by atoms with E-state index in [1.165, 1.54) is 4.88 Å². The fourth-order valence-electron chi connectivity index (χ4n) is 2.00. The highest BCUT2D eigenvalue weighted by atomic mass is 79.9. The first-order chi connectivity index (χ1) is 10.0. The van der Waals surface area contributed by atoms with E-state index in [2.05, 4.69) is 26.2 Å². The molecule has 21 heavy (non-hydrogen) atoms. The van der Waals surface area contributed by atoms with Gasteiger partial charge in [-0.05, 0) is 47.3 Å². The highest BCUT2D eigenvalue weighted by molar-refractivity contribution is 9.10. The van der Waals surface area contributed by atoms with E-state index in [4.69, 9.17) is 0 Å². The third-order valence-corrected chi connectivity index (χ3v) is 4.76. The van der Waals surface area contributed by atoms with Crippen LogP contribution in [0.2, 0.25) is 0 Å². The van der Waals surface area contributed by atoms with Crippen molar-refractivity contribution in [3.8, 4) is 0 Å². The maximum absolute atomic E-state index is 12.8. The number of hydrogen-bond donors (Lipinski definition) is 1. The van der Waals surface area contributed by atoms with E-state index in [0.29, 0.717) is 11.4 Å². The Bertz CT molecular complexity index is 615. The molecule has 0 fully saturated rings. The van der Waals surface area contributed by atoms with Crippen molar-refractivity contribution in [1.82, 2.24) is 9.88 Å². The van der Waals surface area contributed by atoms with Gasteiger partial charge in [0.05, 0.1) is 11.6 Å². The minimum Gasteiger partial charge on any atom is -0.370 e. The van der Waals surface area contributed by atoms with Crippen LogP contribution in [0.4, 0.5) is 5.82 Å². The molecule has 2 rings (SSSR count). The predicted octanol–water partition coefficient (Wildman–Crippen LogP) is 4.17. The van der Waals surface area contributed by atoms with E-state index < -0.39 is 0 Å². The van der Waals surface area contributed by atoms with Gasteiger partial charge in [-0.1, -0.05) is 6.07 Å². The first-order valence-corrected chi connectivity index (χ1v) is 8.41. The molecule has 0 aliphatic rings. The second-order valence-electron chi connectivity index (χ2n) is 4.69. The third-order valence-electron chi connectivity index (χ3n) is 3.29. The molecule has 2 aromatic rings. The Morgan fingerprint density at radius 3 is 2.95 bits per heavy atom. The molecule has 0 bridgehead atoms. The molecule has 1 N–H and O–H groups in total. The van der Waals surface area contributed by atoms with E-state index in [1.807, 2.05) is 44.5 Å². The lowest BCUT2D eigenvalue weighted by molar-refractivity contribution is 0.0745. The Hall–Kier alpha value is -1.40. The van der Waals surface area contributed by atoms with E-state index in [-0.39, 0.29) is 11.9 Å². The van der Waals surface area contributed by atoms with Crippen molar-refractivity contribution < 1.29 is 4.79 Å². The van der Waals surface area contributed by atoms with Crippen LogP contribution in [-0.4, -0.2) is 29.4 Å². The van der Waals surface area contributed by atoms with E-state index in [0.717, 1.165) is 11.0 Å². The number of aromatic nitrogens is 1. The number of halogens is 1. The van der Waals surface area contributed by atoms with Gasteiger partial charge in [-0.2, -0.15) is 0 Å². The molecular formula is C15H18BrN3OS. The number of rotatable bonds is 5. The Kier molecular flexibility index (Phi) is 5.36. The Balaban J connectivity index is 2.28. The highest BCUT2D eigenvalue weighted by Gasteiger charge is 2.22. The Morgan fingerprint density at radius 1 is 1.57 bits per heavy atom. The van der Waals surface area contributed by atoms with Crippen LogP contribution < -0.4 is 5.32 Å². The second kappa shape index (κ2) is 7.04. The van der Waals surface area contributed by atoms with Crippen LogP contribution in [0.5, 0.6) is 0 Å². The fraction of sp³-hybridized carbons (Fsp3) is 0.333. The molecule has 0 saturated heterocycles. The van der Waals surface area contributed by atoms with Crippen molar-refractivity contribution in [1.29, 1.82) is 0 Å². The Morgan fingerprint density at radius 2 is 2.33 bits per heavy atom. The fourth-order valence-corrected chi connectivity index (χ4v) is 3.15. The normalized spacial score (nSPS) is 12.0. The first kappa shape index (κ1) is 16.0. The van der Waals surface area contributed by atoms with Crippen molar-refractivity contribution >= 4 is 39.0 Å². The van der Waals surface area contributed by atoms with Crippen LogP contribution in [0.15, 0.2) is 34.2 Å².